The zero-order valence-corrected chi connectivity index (χ0v) is 11.9. The lowest BCUT2D eigenvalue weighted by Gasteiger charge is -2.01. The van der Waals surface area contributed by atoms with E-state index < -0.39 is 0 Å². The number of aromatic nitrogens is 1. The number of amides is 1. The second-order valence-corrected chi connectivity index (χ2v) is 5.21. The number of pyridine rings is 1. The van der Waals surface area contributed by atoms with Crippen LogP contribution >= 0.6 is 11.3 Å². The summed E-state index contributed by atoms with van der Waals surface area (Å²) in [7, 11) is 0. The summed E-state index contributed by atoms with van der Waals surface area (Å²) in [6.07, 6.45) is 0. The number of fused-ring (bicyclic) bond motifs is 1. The van der Waals surface area contributed by atoms with Gasteiger partial charge < -0.3 is 11.1 Å². The molecule has 19 heavy (non-hydrogen) atoms. The molecule has 5 heteroatoms. The molecule has 2 rings (SSSR count). The van der Waals surface area contributed by atoms with Gasteiger partial charge in [0.25, 0.3) is 5.91 Å². The number of carbonyl (C=O) groups excluding carboxylic acids is 1. The fraction of sp³-hybridized carbons (Fsp3) is 0.286. The molecule has 0 fully saturated rings. The fourth-order valence-corrected chi connectivity index (χ4v) is 3.06. The van der Waals surface area contributed by atoms with Gasteiger partial charge in [0.1, 0.15) is 9.71 Å². The fourth-order valence-electron chi connectivity index (χ4n) is 1.93. The van der Waals surface area contributed by atoms with Crippen molar-refractivity contribution in [2.24, 2.45) is 0 Å². The third-order valence-electron chi connectivity index (χ3n) is 2.74. The number of nitrogen functional groups attached to an aromatic ring is 1. The minimum Gasteiger partial charge on any atom is -0.397 e. The van der Waals surface area contributed by atoms with Crippen molar-refractivity contribution in [1.29, 1.82) is 0 Å². The number of nitrogens with zero attached hydrogens (tertiary/aromatic N) is 1. The zero-order valence-electron chi connectivity index (χ0n) is 11.1. The van der Waals surface area contributed by atoms with E-state index in [1.165, 1.54) is 11.3 Å². The highest BCUT2D eigenvalue weighted by Crippen LogP contribution is 2.34. The van der Waals surface area contributed by atoms with Crippen LogP contribution in [0.3, 0.4) is 0 Å². The first-order valence-corrected chi connectivity index (χ1v) is 6.70. The number of rotatable bonds is 2. The average Bonchev–Trinajstić information content (AvgIpc) is 2.66. The number of hydrogen-bond acceptors (Lipinski definition) is 4. The molecule has 4 nitrogen and oxygen atoms in total. The molecule has 0 atom stereocenters. The summed E-state index contributed by atoms with van der Waals surface area (Å²) < 4.78 is 0. The first-order chi connectivity index (χ1) is 9.04. The quantitative estimate of drug-likeness (QED) is 0.825. The van der Waals surface area contributed by atoms with Crippen molar-refractivity contribution in [1.82, 2.24) is 10.3 Å². The molecule has 0 radical (unpaired) electrons. The van der Waals surface area contributed by atoms with Gasteiger partial charge in [-0.15, -0.1) is 17.3 Å². The lowest BCUT2D eigenvalue weighted by molar-refractivity contribution is 0.0963. The van der Waals surface area contributed by atoms with Crippen LogP contribution in [0.1, 0.15) is 27.9 Å². The van der Waals surface area contributed by atoms with Crippen molar-refractivity contribution in [3.8, 4) is 11.8 Å². The van der Waals surface area contributed by atoms with E-state index in [2.05, 4.69) is 22.1 Å². The zero-order chi connectivity index (χ0) is 14.0. The summed E-state index contributed by atoms with van der Waals surface area (Å²) in [6.45, 7) is 5.97. The van der Waals surface area contributed by atoms with Gasteiger partial charge in [-0.2, -0.15) is 0 Å². The maximum Gasteiger partial charge on any atom is 0.264 e. The number of hydrogen-bond donors (Lipinski definition) is 2. The molecular formula is C14H15N3OS. The largest absolute Gasteiger partial charge is 0.397 e. The molecule has 0 aromatic carbocycles. The van der Waals surface area contributed by atoms with E-state index in [1.54, 1.807) is 6.92 Å². The van der Waals surface area contributed by atoms with Crippen LogP contribution in [0, 0.1) is 25.7 Å². The van der Waals surface area contributed by atoms with Crippen LogP contribution in [-0.2, 0) is 0 Å². The van der Waals surface area contributed by atoms with Gasteiger partial charge in [-0.3, -0.25) is 4.79 Å². The lowest BCUT2D eigenvalue weighted by atomic mass is 10.1. The molecule has 0 unspecified atom stereocenters. The maximum atomic E-state index is 12.0. The lowest BCUT2D eigenvalue weighted by Crippen LogP contribution is -2.23. The van der Waals surface area contributed by atoms with Crippen LogP contribution in [0.25, 0.3) is 10.2 Å². The second-order valence-electron chi connectivity index (χ2n) is 4.22. The summed E-state index contributed by atoms with van der Waals surface area (Å²) in [5.74, 6) is 5.32. The number of carbonyl (C=O) groups is 1. The predicted octanol–water partition coefficient (Wildman–Crippen LogP) is 2.25. The number of nitrogens with one attached hydrogen (secondary N) is 1. The van der Waals surface area contributed by atoms with Gasteiger partial charge in [0, 0.05) is 11.1 Å². The van der Waals surface area contributed by atoms with Crippen molar-refractivity contribution in [3.63, 3.8) is 0 Å². The molecule has 3 N–H and O–H groups in total. The second kappa shape index (κ2) is 5.29. The van der Waals surface area contributed by atoms with Crippen LogP contribution in [-0.4, -0.2) is 17.4 Å². The maximum absolute atomic E-state index is 12.0. The SMILES string of the molecule is CC#CCNC(=O)c1sc2nc(C)cc(C)c2c1N. The molecule has 2 aromatic rings. The molecule has 98 valence electrons. The normalized spacial score (nSPS) is 10.1. The summed E-state index contributed by atoms with van der Waals surface area (Å²) >= 11 is 1.32. The summed E-state index contributed by atoms with van der Waals surface area (Å²) in [5, 5.41) is 3.60. The highest BCUT2D eigenvalue weighted by atomic mass is 32.1. The summed E-state index contributed by atoms with van der Waals surface area (Å²) in [6, 6.07) is 1.97. The van der Waals surface area contributed by atoms with Gasteiger partial charge in [0.15, 0.2) is 0 Å². The Morgan fingerprint density at radius 3 is 2.95 bits per heavy atom. The Morgan fingerprint density at radius 1 is 1.53 bits per heavy atom. The van der Waals surface area contributed by atoms with Crippen LogP contribution < -0.4 is 11.1 Å². The highest BCUT2D eigenvalue weighted by Gasteiger charge is 2.18. The molecule has 0 spiro atoms. The van der Waals surface area contributed by atoms with Gasteiger partial charge in [-0.05, 0) is 32.4 Å². The number of thiophene rings is 1. The molecule has 0 saturated carbocycles. The summed E-state index contributed by atoms with van der Waals surface area (Å²) in [5.41, 5.74) is 8.55. The van der Waals surface area contributed by atoms with E-state index in [-0.39, 0.29) is 5.91 Å². The number of nitrogens with two attached hydrogens (primary N) is 1. The van der Waals surface area contributed by atoms with Gasteiger partial charge in [0.2, 0.25) is 0 Å². The van der Waals surface area contributed by atoms with Crippen LogP contribution in [0.15, 0.2) is 6.07 Å². The van der Waals surface area contributed by atoms with Crippen LogP contribution in [0.4, 0.5) is 5.69 Å². The van der Waals surface area contributed by atoms with Crippen molar-refractivity contribution >= 4 is 33.1 Å². The topological polar surface area (TPSA) is 68.0 Å². The minimum atomic E-state index is -0.194. The third kappa shape index (κ3) is 2.54. The monoisotopic (exact) mass is 273 g/mol. The van der Waals surface area contributed by atoms with Crippen LogP contribution in [0.5, 0.6) is 0 Å². The third-order valence-corrected chi connectivity index (χ3v) is 3.84. The number of aryl methyl sites for hydroxylation is 2. The smallest absolute Gasteiger partial charge is 0.264 e. The highest BCUT2D eigenvalue weighted by molar-refractivity contribution is 7.21. The van der Waals surface area contributed by atoms with E-state index >= 15 is 0 Å². The Hall–Kier alpha value is -2.06. The van der Waals surface area contributed by atoms with Crippen LogP contribution in [0.2, 0.25) is 0 Å². The molecule has 0 bridgehead atoms. The van der Waals surface area contributed by atoms with E-state index in [1.807, 2.05) is 19.9 Å². The van der Waals surface area contributed by atoms with Gasteiger partial charge in [-0.1, -0.05) is 5.92 Å². The van der Waals surface area contributed by atoms with E-state index in [0.29, 0.717) is 17.1 Å². The molecular weight excluding hydrogens is 258 g/mol. The molecule has 0 aliphatic rings. The molecule has 0 aliphatic heterocycles. The predicted molar refractivity (Wildman–Crippen MR) is 79.3 cm³/mol. The molecule has 2 heterocycles. The Morgan fingerprint density at radius 2 is 2.26 bits per heavy atom. The van der Waals surface area contributed by atoms with E-state index in [9.17, 15) is 4.79 Å². The molecule has 0 saturated heterocycles. The van der Waals surface area contributed by atoms with Crippen molar-refractivity contribution in [2.75, 3.05) is 12.3 Å². The van der Waals surface area contributed by atoms with Gasteiger partial charge in [0.05, 0.1) is 12.2 Å². The average molecular weight is 273 g/mol. The van der Waals surface area contributed by atoms with E-state index in [0.717, 1.165) is 21.5 Å². The first-order valence-electron chi connectivity index (χ1n) is 5.88. The van der Waals surface area contributed by atoms with Crippen molar-refractivity contribution in [3.05, 3.63) is 22.2 Å². The van der Waals surface area contributed by atoms with Gasteiger partial charge in [-0.25, -0.2) is 4.98 Å². The Kier molecular flexibility index (Phi) is 3.72. The Labute approximate surface area is 116 Å². The summed E-state index contributed by atoms with van der Waals surface area (Å²) in [4.78, 5) is 17.8. The van der Waals surface area contributed by atoms with E-state index in [4.69, 9.17) is 5.73 Å². The van der Waals surface area contributed by atoms with Gasteiger partial charge >= 0.3 is 0 Å². The standard InChI is InChI=1S/C14H15N3OS/c1-4-5-6-16-13(18)12-11(15)10-8(2)7-9(3)17-14(10)19-12/h7H,6,15H2,1-3H3,(H,16,18). The molecule has 0 aliphatic carbocycles. The Bertz CT molecular complexity index is 707. The van der Waals surface area contributed by atoms with Crippen molar-refractivity contribution in [2.45, 2.75) is 20.8 Å². The van der Waals surface area contributed by atoms with Crippen molar-refractivity contribution < 1.29 is 4.79 Å². The molecule has 1 amide bonds. The first kappa shape index (κ1) is 13.4. The number of anilines is 1. The Balaban J connectivity index is 2.44. The minimum absolute atomic E-state index is 0.194. The molecule has 2 aromatic heterocycles.